The van der Waals surface area contributed by atoms with Gasteiger partial charge in [-0.1, -0.05) is 25.6 Å². The molecule has 17 heavy (non-hydrogen) atoms. The minimum Gasteiger partial charge on any atom is -0.300 e. The molecule has 0 spiro atoms. The Bertz CT molecular complexity index is 397. The largest absolute Gasteiger partial charge is 0.300 e. The van der Waals surface area contributed by atoms with Gasteiger partial charge < -0.3 is 0 Å². The Labute approximate surface area is 106 Å². The fourth-order valence-electron chi connectivity index (χ4n) is 1.72. The lowest BCUT2D eigenvalue weighted by Crippen LogP contribution is -2.42. The zero-order valence-electron chi connectivity index (χ0n) is 10.7. The molecule has 0 fully saturated rings. The first-order valence-electron chi connectivity index (χ1n) is 5.71. The van der Waals surface area contributed by atoms with Crippen molar-refractivity contribution in [2.75, 3.05) is 6.54 Å². The third kappa shape index (κ3) is 4.36. The van der Waals surface area contributed by atoms with E-state index in [1.807, 2.05) is 20.8 Å². The number of H-pyrrole nitrogens is 1. The fourth-order valence-corrected chi connectivity index (χ4v) is 2.78. The van der Waals surface area contributed by atoms with Gasteiger partial charge in [-0.15, -0.1) is 5.10 Å². The normalized spacial score (nSPS) is 16.2. The molecule has 0 bridgehead atoms. The molecule has 0 amide bonds. The fraction of sp³-hybridized carbons (Fsp3) is 0.727. The standard InChI is InChI=1S/C11H19N5S/c1-5-13-11(4,7-12)6-8(2)17-10-14-9(3)15-16-10/h8,13H,5-6H2,1-4H3,(H,14,15,16). The van der Waals surface area contributed by atoms with Gasteiger partial charge >= 0.3 is 0 Å². The first-order valence-corrected chi connectivity index (χ1v) is 6.59. The van der Waals surface area contributed by atoms with Crippen LogP contribution in [0.4, 0.5) is 0 Å². The zero-order valence-corrected chi connectivity index (χ0v) is 11.6. The Kier molecular flexibility index (Phi) is 4.97. The monoisotopic (exact) mass is 253 g/mol. The van der Waals surface area contributed by atoms with Crippen molar-refractivity contribution in [2.24, 2.45) is 0 Å². The lowest BCUT2D eigenvalue weighted by molar-refractivity contribution is 0.429. The molecule has 0 radical (unpaired) electrons. The summed E-state index contributed by atoms with van der Waals surface area (Å²) in [6, 6.07) is 2.33. The number of rotatable bonds is 6. The van der Waals surface area contributed by atoms with Crippen molar-refractivity contribution in [3.8, 4) is 6.07 Å². The van der Waals surface area contributed by atoms with Crippen LogP contribution in [0, 0.1) is 18.3 Å². The van der Waals surface area contributed by atoms with E-state index >= 15 is 0 Å². The van der Waals surface area contributed by atoms with E-state index in [1.54, 1.807) is 11.8 Å². The summed E-state index contributed by atoms with van der Waals surface area (Å²) in [4.78, 5) is 4.25. The lowest BCUT2D eigenvalue weighted by atomic mass is 9.98. The molecule has 2 unspecified atom stereocenters. The third-order valence-corrected chi connectivity index (χ3v) is 3.36. The van der Waals surface area contributed by atoms with Gasteiger partial charge in [0.05, 0.1) is 6.07 Å². The summed E-state index contributed by atoms with van der Waals surface area (Å²) in [5, 5.41) is 20.3. The minimum atomic E-state index is -0.480. The highest BCUT2D eigenvalue weighted by molar-refractivity contribution is 7.99. The van der Waals surface area contributed by atoms with E-state index in [9.17, 15) is 5.26 Å². The van der Waals surface area contributed by atoms with Crippen LogP contribution < -0.4 is 5.32 Å². The van der Waals surface area contributed by atoms with Crippen molar-refractivity contribution in [3.05, 3.63) is 5.82 Å². The number of nitrogens with zero attached hydrogens (tertiary/aromatic N) is 3. The molecule has 0 aliphatic rings. The van der Waals surface area contributed by atoms with Crippen LogP contribution in [-0.4, -0.2) is 32.5 Å². The first kappa shape index (κ1) is 14.0. The number of aromatic nitrogens is 3. The maximum absolute atomic E-state index is 9.18. The second-order valence-electron chi connectivity index (χ2n) is 4.31. The molecule has 1 heterocycles. The second kappa shape index (κ2) is 6.03. The number of nitrogens with one attached hydrogen (secondary N) is 2. The van der Waals surface area contributed by atoms with Crippen molar-refractivity contribution in [2.45, 2.75) is 50.1 Å². The Morgan fingerprint density at radius 3 is 2.82 bits per heavy atom. The van der Waals surface area contributed by atoms with Crippen LogP contribution in [0.2, 0.25) is 0 Å². The molecular weight excluding hydrogens is 234 g/mol. The Hall–Kier alpha value is -1.06. The van der Waals surface area contributed by atoms with Gasteiger partial charge in [-0.3, -0.25) is 10.4 Å². The molecule has 2 N–H and O–H groups in total. The molecule has 0 aliphatic carbocycles. The van der Waals surface area contributed by atoms with E-state index in [0.717, 1.165) is 23.9 Å². The van der Waals surface area contributed by atoms with Gasteiger partial charge in [0.1, 0.15) is 11.4 Å². The van der Waals surface area contributed by atoms with E-state index in [4.69, 9.17) is 0 Å². The van der Waals surface area contributed by atoms with Crippen molar-refractivity contribution in [1.29, 1.82) is 5.26 Å². The topological polar surface area (TPSA) is 77.4 Å². The van der Waals surface area contributed by atoms with Crippen LogP contribution in [0.3, 0.4) is 0 Å². The maximum atomic E-state index is 9.18. The van der Waals surface area contributed by atoms with Gasteiger partial charge in [-0.2, -0.15) is 5.26 Å². The number of nitriles is 1. The maximum Gasteiger partial charge on any atom is 0.208 e. The quantitative estimate of drug-likeness (QED) is 0.757. The average Bonchev–Trinajstić information content (AvgIpc) is 2.64. The van der Waals surface area contributed by atoms with E-state index in [0.29, 0.717) is 0 Å². The molecule has 1 aromatic rings. The summed E-state index contributed by atoms with van der Waals surface area (Å²) >= 11 is 1.59. The minimum absolute atomic E-state index is 0.286. The van der Waals surface area contributed by atoms with E-state index in [2.05, 4.69) is 33.5 Å². The molecule has 1 aromatic heterocycles. The Morgan fingerprint density at radius 2 is 2.35 bits per heavy atom. The highest BCUT2D eigenvalue weighted by Gasteiger charge is 2.26. The van der Waals surface area contributed by atoms with Gasteiger partial charge in [-0.25, -0.2) is 4.98 Å². The van der Waals surface area contributed by atoms with Crippen LogP contribution in [0.1, 0.15) is 33.0 Å². The first-order chi connectivity index (χ1) is 7.99. The molecule has 0 aromatic carbocycles. The lowest BCUT2D eigenvalue weighted by Gasteiger charge is -2.25. The molecule has 2 atom stereocenters. The molecule has 5 nitrogen and oxygen atoms in total. The SMILES string of the molecule is CCNC(C)(C#N)CC(C)Sc1n[nH]c(C)n1. The number of aromatic amines is 1. The average molecular weight is 253 g/mol. The summed E-state index contributed by atoms with van der Waals surface area (Å²) in [7, 11) is 0. The van der Waals surface area contributed by atoms with Crippen LogP contribution in [0.25, 0.3) is 0 Å². The van der Waals surface area contributed by atoms with Gasteiger partial charge in [-0.05, 0) is 26.8 Å². The van der Waals surface area contributed by atoms with E-state index in [1.165, 1.54) is 0 Å². The molecule has 0 aliphatic heterocycles. The number of aryl methyl sites for hydroxylation is 1. The molecule has 0 saturated heterocycles. The molecule has 1 rings (SSSR count). The molecular formula is C11H19N5S. The highest BCUT2D eigenvalue weighted by Crippen LogP contribution is 2.25. The number of hydrogen-bond acceptors (Lipinski definition) is 5. The third-order valence-electron chi connectivity index (χ3n) is 2.39. The summed E-state index contributed by atoms with van der Waals surface area (Å²) < 4.78 is 0. The summed E-state index contributed by atoms with van der Waals surface area (Å²) in [5.41, 5.74) is -0.480. The molecule has 0 saturated carbocycles. The predicted octanol–water partition coefficient (Wildman–Crippen LogP) is 1.88. The van der Waals surface area contributed by atoms with Crippen LogP contribution >= 0.6 is 11.8 Å². The van der Waals surface area contributed by atoms with Crippen molar-refractivity contribution in [3.63, 3.8) is 0 Å². The van der Waals surface area contributed by atoms with Crippen molar-refractivity contribution < 1.29 is 0 Å². The predicted molar refractivity (Wildman–Crippen MR) is 68.8 cm³/mol. The van der Waals surface area contributed by atoms with Crippen molar-refractivity contribution >= 4 is 11.8 Å². The van der Waals surface area contributed by atoms with E-state index in [-0.39, 0.29) is 5.25 Å². The van der Waals surface area contributed by atoms with E-state index < -0.39 is 5.54 Å². The Morgan fingerprint density at radius 1 is 1.65 bits per heavy atom. The summed E-state index contributed by atoms with van der Waals surface area (Å²) in [5.74, 6) is 0.814. The molecule has 94 valence electrons. The van der Waals surface area contributed by atoms with Gasteiger partial charge in [0.25, 0.3) is 0 Å². The molecule has 6 heteroatoms. The second-order valence-corrected chi connectivity index (χ2v) is 5.72. The smallest absolute Gasteiger partial charge is 0.208 e. The van der Waals surface area contributed by atoms with Gasteiger partial charge in [0.2, 0.25) is 5.16 Å². The van der Waals surface area contributed by atoms with Gasteiger partial charge in [0.15, 0.2) is 0 Å². The van der Waals surface area contributed by atoms with Crippen LogP contribution in [0.5, 0.6) is 0 Å². The Balaban J connectivity index is 2.54. The summed E-state index contributed by atoms with van der Waals surface area (Å²) in [6.45, 7) is 8.69. The highest BCUT2D eigenvalue weighted by atomic mass is 32.2. The van der Waals surface area contributed by atoms with Crippen LogP contribution in [-0.2, 0) is 0 Å². The zero-order chi connectivity index (χ0) is 12.9. The number of thioether (sulfide) groups is 1. The van der Waals surface area contributed by atoms with Crippen molar-refractivity contribution in [1.82, 2.24) is 20.5 Å². The number of hydrogen-bond donors (Lipinski definition) is 2. The summed E-state index contributed by atoms with van der Waals surface area (Å²) in [6.07, 6.45) is 0.760. The van der Waals surface area contributed by atoms with Crippen LogP contribution in [0.15, 0.2) is 5.16 Å². The van der Waals surface area contributed by atoms with Gasteiger partial charge in [0, 0.05) is 5.25 Å².